The van der Waals surface area contributed by atoms with Gasteiger partial charge in [-0.25, -0.2) is 9.97 Å². The van der Waals surface area contributed by atoms with Crippen LogP contribution in [0.5, 0.6) is 5.75 Å². The zero-order valence-corrected chi connectivity index (χ0v) is 20.9. The second-order valence-corrected chi connectivity index (χ2v) is 12.4. The number of aromatic nitrogens is 2. The highest BCUT2D eigenvalue weighted by Crippen LogP contribution is 2.66. The minimum Gasteiger partial charge on any atom is -0.483 e. The molecule has 0 spiro atoms. The van der Waals surface area contributed by atoms with Gasteiger partial charge in [-0.05, 0) is 99.2 Å². The van der Waals surface area contributed by atoms with Crippen molar-refractivity contribution in [2.45, 2.75) is 83.9 Å². The van der Waals surface area contributed by atoms with Gasteiger partial charge < -0.3 is 9.84 Å². The summed E-state index contributed by atoms with van der Waals surface area (Å²) in [5.74, 6) is 2.41. The van der Waals surface area contributed by atoms with Crippen LogP contribution in [-0.4, -0.2) is 33.1 Å². The molecule has 4 aliphatic carbocycles. The largest absolute Gasteiger partial charge is 0.483 e. The van der Waals surface area contributed by atoms with Crippen molar-refractivity contribution in [3.63, 3.8) is 0 Å². The maximum atomic E-state index is 13.3. The zero-order chi connectivity index (χ0) is 25.2. The second kappa shape index (κ2) is 8.70. The number of fused-ring (bicyclic) bond motifs is 5. The van der Waals surface area contributed by atoms with Gasteiger partial charge in [-0.2, -0.15) is 13.2 Å². The van der Waals surface area contributed by atoms with Crippen molar-refractivity contribution in [2.24, 2.45) is 46.8 Å². The highest BCUT2D eigenvalue weighted by molar-refractivity contribution is 5.83. The molecule has 5 nitrogen and oxygen atoms in total. The summed E-state index contributed by atoms with van der Waals surface area (Å²) in [5.41, 5.74) is -0.585. The number of halogens is 3. The van der Waals surface area contributed by atoms with Crippen LogP contribution >= 0.6 is 0 Å². The lowest BCUT2D eigenvalue weighted by Gasteiger charge is -2.57. The van der Waals surface area contributed by atoms with Crippen LogP contribution in [0.1, 0.15) is 78.0 Å². The van der Waals surface area contributed by atoms with Crippen LogP contribution in [0.3, 0.4) is 0 Å². The van der Waals surface area contributed by atoms with Gasteiger partial charge in [-0.1, -0.05) is 13.8 Å². The molecule has 0 bridgehead atoms. The molecular weight excluding hydrogens is 457 g/mol. The fourth-order valence-electron chi connectivity index (χ4n) is 8.91. The number of hydrogen-bond acceptors (Lipinski definition) is 5. The summed E-state index contributed by atoms with van der Waals surface area (Å²) in [6.45, 7) is 6.41. The van der Waals surface area contributed by atoms with E-state index in [0.29, 0.717) is 35.5 Å². The molecule has 1 heterocycles. The summed E-state index contributed by atoms with van der Waals surface area (Å²) in [6.07, 6.45) is 5.67. The number of carbonyl (C=O) groups excluding carboxylic acids is 1. The minimum absolute atomic E-state index is 0.0302. The number of carbonyl (C=O) groups is 1. The first kappa shape index (κ1) is 25.0. The van der Waals surface area contributed by atoms with E-state index in [9.17, 15) is 23.1 Å². The third kappa shape index (κ3) is 4.49. The molecule has 0 aliphatic heterocycles. The molecule has 1 aromatic heterocycles. The molecule has 0 unspecified atom stereocenters. The quantitative estimate of drug-likeness (QED) is 0.581. The van der Waals surface area contributed by atoms with Crippen LogP contribution in [0.25, 0.3) is 0 Å². The number of Topliss-reactive ketones (excluding diaryl/α,β-unsaturated/α-hetero) is 1. The van der Waals surface area contributed by atoms with Gasteiger partial charge in [0.25, 0.3) is 0 Å². The molecule has 0 amide bonds. The molecule has 9 atom stereocenters. The van der Waals surface area contributed by atoms with Crippen molar-refractivity contribution in [3.8, 4) is 5.75 Å². The third-order valence-corrected chi connectivity index (χ3v) is 10.2. The second-order valence-electron chi connectivity index (χ2n) is 12.4. The smallest absolute Gasteiger partial charge is 0.451 e. The topological polar surface area (TPSA) is 72.3 Å². The summed E-state index contributed by atoms with van der Waals surface area (Å²) in [4.78, 5) is 20.0. The Bertz CT molecular complexity index is 950. The predicted octanol–water partition coefficient (Wildman–Crippen LogP) is 5.71. The number of aliphatic hydroxyl groups is 1. The van der Waals surface area contributed by atoms with Gasteiger partial charge in [0.2, 0.25) is 5.82 Å². The van der Waals surface area contributed by atoms with Crippen molar-refractivity contribution < 1.29 is 27.8 Å². The van der Waals surface area contributed by atoms with Crippen LogP contribution in [0.15, 0.2) is 12.4 Å². The van der Waals surface area contributed by atoms with Crippen LogP contribution in [0, 0.1) is 46.8 Å². The normalized spacial score (nSPS) is 43.1. The lowest BCUT2D eigenvalue weighted by Crippen LogP contribution is -2.52. The Morgan fingerprint density at radius 3 is 2.46 bits per heavy atom. The van der Waals surface area contributed by atoms with E-state index < -0.39 is 17.6 Å². The summed E-state index contributed by atoms with van der Waals surface area (Å²) >= 11 is 0. The number of rotatable bonds is 4. The molecule has 0 radical (unpaired) electrons. The van der Waals surface area contributed by atoms with E-state index in [0.717, 1.165) is 50.9 Å². The number of hydrogen-bond donors (Lipinski definition) is 1. The zero-order valence-electron chi connectivity index (χ0n) is 20.9. The maximum Gasteiger partial charge on any atom is 0.451 e. The molecule has 8 heteroatoms. The van der Waals surface area contributed by atoms with E-state index >= 15 is 0 Å². The fourth-order valence-corrected chi connectivity index (χ4v) is 8.91. The molecular formula is C27H37F3N2O3. The Kier molecular flexibility index (Phi) is 6.21. The number of ketones is 1. The van der Waals surface area contributed by atoms with Crippen LogP contribution in [-0.2, 0) is 11.0 Å². The molecule has 194 valence electrons. The minimum atomic E-state index is -4.61. The molecule has 1 aromatic rings. The maximum absolute atomic E-state index is 13.3. The van der Waals surface area contributed by atoms with Gasteiger partial charge in [0.15, 0.2) is 11.5 Å². The lowest BCUT2D eigenvalue weighted by molar-refractivity contribution is -0.145. The Hall–Kier alpha value is -1.70. The van der Waals surface area contributed by atoms with E-state index in [4.69, 9.17) is 4.74 Å². The van der Waals surface area contributed by atoms with Gasteiger partial charge in [0.05, 0.1) is 18.0 Å². The van der Waals surface area contributed by atoms with E-state index in [1.54, 1.807) is 0 Å². The molecule has 0 aromatic carbocycles. The Morgan fingerprint density at radius 2 is 1.77 bits per heavy atom. The first-order chi connectivity index (χ1) is 16.4. The Labute approximate surface area is 205 Å². The van der Waals surface area contributed by atoms with Crippen molar-refractivity contribution >= 4 is 5.78 Å². The molecule has 4 fully saturated rings. The lowest BCUT2D eigenvalue weighted by atomic mass is 9.48. The van der Waals surface area contributed by atoms with Crippen molar-refractivity contribution in [2.75, 3.05) is 6.61 Å². The highest BCUT2D eigenvalue weighted by Gasteiger charge is 2.61. The third-order valence-electron chi connectivity index (χ3n) is 10.2. The standard InChI is InChI=1S/C27H37F3N2O3/c1-15-10-21(22(33)14-35-17-12-31-24(32-13-17)27(28,29)30)26(3)9-7-19-18-6-8-25(2,34)11-16(18)4-5-20(19)23(15)26/h12-13,15-16,18-21,23,34H,4-11,14H2,1-3H3/t15-,16-,18+,19-,20-,21-,23+,25-,26-/m1/s1. The number of alkyl halides is 3. The molecule has 4 aliphatic rings. The van der Waals surface area contributed by atoms with E-state index in [1.165, 1.54) is 12.8 Å². The molecule has 35 heavy (non-hydrogen) atoms. The SMILES string of the molecule is C[C@@H]1C[C@H](C(=O)COc2cnc(C(F)(F)F)nc2)[C@@]2(C)CC[C@H]3[C@@H](CC[C@@H]4C[C@](C)(O)CC[C@@H]43)[C@H]12. The average molecular weight is 495 g/mol. The number of nitrogens with zero attached hydrogens (tertiary/aromatic N) is 2. The van der Waals surface area contributed by atoms with Gasteiger partial charge >= 0.3 is 6.18 Å². The molecule has 4 saturated carbocycles. The van der Waals surface area contributed by atoms with Crippen LogP contribution in [0.2, 0.25) is 0 Å². The van der Waals surface area contributed by atoms with Crippen LogP contribution in [0.4, 0.5) is 13.2 Å². The van der Waals surface area contributed by atoms with Crippen molar-refractivity contribution in [1.29, 1.82) is 0 Å². The summed E-state index contributed by atoms with van der Waals surface area (Å²) in [5, 5.41) is 10.6. The van der Waals surface area contributed by atoms with E-state index in [-0.39, 0.29) is 29.5 Å². The summed E-state index contributed by atoms with van der Waals surface area (Å²) in [6, 6.07) is 0. The molecule has 5 rings (SSSR count). The molecule has 1 N–H and O–H groups in total. The van der Waals surface area contributed by atoms with Gasteiger partial charge in [-0.15, -0.1) is 0 Å². The number of ether oxygens (including phenoxy) is 1. The fraction of sp³-hybridized carbons (Fsp3) is 0.815. The summed E-state index contributed by atoms with van der Waals surface area (Å²) in [7, 11) is 0. The first-order valence-electron chi connectivity index (χ1n) is 13.2. The summed E-state index contributed by atoms with van der Waals surface area (Å²) < 4.78 is 43.6. The Morgan fingerprint density at radius 1 is 1.09 bits per heavy atom. The van der Waals surface area contributed by atoms with Gasteiger partial charge in [0, 0.05) is 5.92 Å². The first-order valence-corrected chi connectivity index (χ1v) is 13.2. The van der Waals surface area contributed by atoms with Crippen LogP contribution < -0.4 is 4.74 Å². The van der Waals surface area contributed by atoms with Gasteiger partial charge in [0.1, 0.15) is 6.61 Å². The van der Waals surface area contributed by atoms with Crippen molar-refractivity contribution in [1.82, 2.24) is 9.97 Å². The van der Waals surface area contributed by atoms with Crippen molar-refractivity contribution in [3.05, 3.63) is 18.2 Å². The van der Waals surface area contributed by atoms with Gasteiger partial charge in [-0.3, -0.25) is 4.79 Å². The molecule has 0 saturated heterocycles. The van der Waals surface area contributed by atoms with E-state index in [2.05, 4.69) is 23.8 Å². The average Bonchev–Trinajstić information content (AvgIpc) is 3.07. The van der Waals surface area contributed by atoms with E-state index in [1.807, 2.05) is 6.92 Å². The Balaban J connectivity index is 1.26. The predicted molar refractivity (Wildman–Crippen MR) is 123 cm³/mol. The monoisotopic (exact) mass is 494 g/mol. The highest BCUT2D eigenvalue weighted by atomic mass is 19.4.